The summed E-state index contributed by atoms with van der Waals surface area (Å²) >= 11 is 6.35. The van der Waals surface area contributed by atoms with Gasteiger partial charge < -0.3 is 0 Å². The van der Waals surface area contributed by atoms with Crippen molar-refractivity contribution in [2.24, 2.45) is 0 Å². The predicted octanol–water partition coefficient (Wildman–Crippen LogP) is 2.85. The van der Waals surface area contributed by atoms with Crippen molar-refractivity contribution in [1.82, 2.24) is 0 Å². The van der Waals surface area contributed by atoms with Crippen LogP contribution in [0.25, 0.3) is 0 Å². The van der Waals surface area contributed by atoms with E-state index in [1.807, 2.05) is 0 Å². The van der Waals surface area contributed by atoms with Crippen LogP contribution in [-0.4, -0.2) is 12.2 Å². The van der Waals surface area contributed by atoms with Crippen LogP contribution in [-0.2, 0) is 0 Å². The minimum absolute atomic E-state index is 0.00463. The van der Waals surface area contributed by atoms with Gasteiger partial charge in [-0.05, 0) is 6.07 Å². The Labute approximate surface area is 70.6 Å². The predicted molar refractivity (Wildman–Crippen MR) is 39.7 cm³/mol. The summed E-state index contributed by atoms with van der Waals surface area (Å²) < 4.78 is 23.5. The van der Waals surface area contributed by atoms with Crippen LogP contribution in [0.4, 0.5) is 8.78 Å². The number of Topliss-reactive ketones (excluding diaryl/α,β-unsaturated/α-hetero) is 1. The van der Waals surface area contributed by atoms with Crippen LogP contribution in [0, 0.1) is 0 Å². The molecule has 0 radical (unpaired) electrons. The summed E-state index contributed by atoms with van der Waals surface area (Å²) in [7, 11) is 0. The van der Waals surface area contributed by atoms with Crippen molar-refractivity contribution < 1.29 is 13.6 Å². The van der Waals surface area contributed by atoms with E-state index in [9.17, 15) is 13.6 Å². The number of ketones is 1. The fraction of sp³-hybridized carbons (Fsp3) is 0.167. The summed E-state index contributed by atoms with van der Waals surface area (Å²) in [5.41, 5.74) is 0. The molecule has 0 amide bonds. The Bertz CT molecular complexity index is 271. The van der Waals surface area contributed by atoms with E-state index in [2.05, 4.69) is 0 Å². The number of carbonyl (C=O) groups excluding carboxylic acids is 1. The molecule has 0 aliphatic carbocycles. The average Bonchev–Trinajstić information content (AvgIpc) is 2.34. The van der Waals surface area contributed by atoms with Crippen molar-refractivity contribution in [3.05, 3.63) is 21.3 Å². The van der Waals surface area contributed by atoms with E-state index >= 15 is 0 Å². The van der Waals surface area contributed by atoms with Gasteiger partial charge in [0.25, 0.3) is 0 Å². The van der Waals surface area contributed by atoms with Gasteiger partial charge >= 0.3 is 6.43 Å². The van der Waals surface area contributed by atoms with Gasteiger partial charge in [-0.15, -0.1) is 11.3 Å². The molecule has 1 aromatic heterocycles. The lowest BCUT2D eigenvalue weighted by atomic mass is 10.3. The van der Waals surface area contributed by atoms with Gasteiger partial charge in [0.05, 0.1) is 9.90 Å². The van der Waals surface area contributed by atoms with Crippen molar-refractivity contribution in [2.45, 2.75) is 6.43 Å². The zero-order chi connectivity index (χ0) is 8.43. The Morgan fingerprint density at radius 3 is 2.64 bits per heavy atom. The quantitative estimate of drug-likeness (QED) is 0.665. The lowest BCUT2D eigenvalue weighted by Crippen LogP contribution is -2.07. The summed E-state index contributed by atoms with van der Waals surface area (Å²) in [6.45, 7) is 0. The number of carbonyl (C=O) groups is 1. The first-order chi connectivity index (χ1) is 5.11. The lowest BCUT2D eigenvalue weighted by molar-refractivity contribution is 0.0683. The van der Waals surface area contributed by atoms with Crippen molar-refractivity contribution in [3.63, 3.8) is 0 Å². The first-order valence-electron chi connectivity index (χ1n) is 2.67. The first-order valence-corrected chi connectivity index (χ1v) is 3.93. The van der Waals surface area contributed by atoms with Gasteiger partial charge in [-0.2, -0.15) is 0 Å². The Morgan fingerprint density at radius 1 is 1.64 bits per heavy atom. The van der Waals surface area contributed by atoms with Crippen LogP contribution in [0.1, 0.15) is 9.67 Å². The molecular formula is C6H3ClF2OS. The molecule has 0 atom stereocenters. The van der Waals surface area contributed by atoms with E-state index in [1.54, 1.807) is 0 Å². The third-order valence-corrected chi connectivity index (χ3v) is 2.30. The summed E-state index contributed by atoms with van der Waals surface area (Å²) in [6, 6.07) is 1.24. The number of halogens is 3. The second-order valence-corrected chi connectivity index (χ2v) is 3.14. The minimum atomic E-state index is -2.94. The number of alkyl halides is 2. The Hall–Kier alpha value is -0.480. The Balaban J connectivity index is 2.85. The highest BCUT2D eigenvalue weighted by molar-refractivity contribution is 7.12. The molecule has 60 valence electrons. The minimum Gasteiger partial charge on any atom is -0.287 e. The van der Waals surface area contributed by atoms with Gasteiger partial charge in [0.15, 0.2) is 0 Å². The molecule has 0 bridgehead atoms. The van der Waals surface area contributed by atoms with Crippen LogP contribution in [0.3, 0.4) is 0 Å². The maximum atomic E-state index is 11.7. The van der Waals surface area contributed by atoms with E-state index < -0.39 is 12.2 Å². The zero-order valence-electron chi connectivity index (χ0n) is 5.18. The van der Waals surface area contributed by atoms with Crippen molar-refractivity contribution in [2.75, 3.05) is 0 Å². The smallest absolute Gasteiger partial charge is 0.287 e. The van der Waals surface area contributed by atoms with E-state index in [4.69, 9.17) is 11.6 Å². The van der Waals surface area contributed by atoms with E-state index in [0.29, 0.717) is 5.02 Å². The molecule has 1 aromatic rings. The maximum absolute atomic E-state index is 11.7. The highest BCUT2D eigenvalue weighted by Crippen LogP contribution is 2.21. The van der Waals surface area contributed by atoms with Crippen LogP contribution in [0.2, 0.25) is 5.02 Å². The highest BCUT2D eigenvalue weighted by Gasteiger charge is 2.18. The first kappa shape index (κ1) is 8.62. The molecule has 0 saturated carbocycles. The normalized spacial score (nSPS) is 10.5. The van der Waals surface area contributed by atoms with Crippen LogP contribution in [0.15, 0.2) is 11.4 Å². The monoisotopic (exact) mass is 196 g/mol. The number of hydrogen-bond donors (Lipinski definition) is 0. The Morgan fingerprint density at radius 2 is 2.27 bits per heavy atom. The molecule has 1 heterocycles. The molecule has 0 aliphatic heterocycles. The summed E-state index contributed by atoms with van der Waals surface area (Å²) in [5.74, 6) is -1.16. The summed E-state index contributed by atoms with van der Waals surface area (Å²) in [6.07, 6.45) is -2.94. The van der Waals surface area contributed by atoms with Crippen LogP contribution >= 0.6 is 22.9 Å². The molecule has 5 heteroatoms. The SMILES string of the molecule is O=C(c1cc(Cl)cs1)C(F)F. The molecule has 11 heavy (non-hydrogen) atoms. The number of thiophene rings is 1. The van der Waals surface area contributed by atoms with Gasteiger partial charge in [-0.3, -0.25) is 4.79 Å². The van der Waals surface area contributed by atoms with Gasteiger partial charge in [0.2, 0.25) is 5.78 Å². The van der Waals surface area contributed by atoms with E-state index in [0.717, 1.165) is 11.3 Å². The second kappa shape index (κ2) is 3.28. The zero-order valence-corrected chi connectivity index (χ0v) is 6.75. The highest BCUT2D eigenvalue weighted by atomic mass is 35.5. The molecule has 0 aromatic carbocycles. The fourth-order valence-electron chi connectivity index (χ4n) is 0.550. The van der Waals surface area contributed by atoms with Gasteiger partial charge in [-0.25, -0.2) is 8.78 Å². The maximum Gasteiger partial charge on any atom is 0.301 e. The largest absolute Gasteiger partial charge is 0.301 e. The third kappa shape index (κ3) is 1.97. The van der Waals surface area contributed by atoms with E-state index in [1.165, 1.54) is 11.4 Å². The molecule has 0 unspecified atom stereocenters. The fourth-order valence-corrected chi connectivity index (χ4v) is 1.57. The van der Waals surface area contributed by atoms with Crippen LogP contribution in [0.5, 0.6) is 0 Å². The standard InChI is InChI=1S/C6H3ClF2OS/c7-3-1-4(11-2-3)5(10)6(8)9/h1-2,6H. The lowest BCUT2D eigenvalue weighted by Gasteiger charge is -1.91. The molecule has 0 N–H and O–H groups in total. The molecule has 0 spiro atoms. The summed E-state index contributed by atoms with van der Waals surface area (Å²) in [4.78, 5) is 10.6. The van der Waals surface area contributed by atoms with Crippen molar-refractivity contribution in [3.8, 4) is 0 Å². The van der Waals surface area contributed by atoms with Gasteiger partial charge in [-0.1, -0.05) is 11.6 Å². The third-order valence-electron chi connectivity index (χ3n) is 1.01. The topological polar surface area (TPSA) is 17.1 Å². The van der Waals surface area contributed by atoms with Crippen molar-refractivity contribution in [1.29, 1.82) is 0 Å². The van der Waals surface area contributed by atoms with Gasteiger partial charge in [0, 0.05) is 5.38 Å². The average molecular weight is 197 g/mol. The molecule has 1 rings (SSSR count). The Kier molecular flexibility index (Phi) is 2.57. The van der Waals surface area contributed by atoms with E-state index in [-0.39, 0.29) is 4.88 Å². The van der Waals surface area contributed by atoms with Crippen molar-refractivity contribution >= 4 is 28.7 Å². The molecule has 0 aliphatic rings. The van der Waals surface area contributed by atoms with Crippen LogP contribution < -0.4 is 0 Å². The molecule has 0 saturated heterocycles. The molecule has 1 nitrogen and oxygen atoms in total. The molecule has 0 fully saturated rings. The van der Waals surface area contributed by atoms with Gasteiger partial charge in [0.1, 0.15) is 0 Å². The number of rotatable bonds is 2. The summed E-state index contributed by atoms with van der Waals surface area (Å²) in [5, 5.41) is 1.76. The second-order valence-electron chi connectivity index (χ2n) is 1.79. The molecular weight excluding hydrogens is 194 g/mol. The number of hydrogen-bond acceptors (Lipinski definition) is 2.